The highest BCUT2D eigenvalue weighted by Crippen LogP contribution is 2.23. The Balaban J connectivity index is 2.05. The fourth-order valence-electron chi connectivity index (χ4n) is 2.05. The number of carbonyl (C=O) groups is 1. The average molecular weight is 320 g/mol. The number of benzene rings is 2. The number of fused-ring (bicyclic) bond motifs is 1. The van der Waals surface area contributed by atoms with Crippen LogP contribution in [0.2, 0.25) is 0 Å². The molecule has 3 heteroatoms. The number of halogens is 1. The van der Waals surface area contributed by atoms with Crippen LogP contribution in [0.4, 0.5) is 5.69 Å². The maximum absolute atomic E-state index is 11.8. The molecule has 1 N–H and O–H groups in total. The molecule has 0 atom stereocenters. The Morgan fingerprint density at radius 3 is 2.63 bits per heavy atom. The highest BCUT2D eigenvalue weighted by molar-refractivity contribution is 9.10. The lowest BCUT2D eigenvalue weighted by molar-refractivity contribution is -0.116. The molecule has 100 valence electrons. The fourth-order valence-corrected chi connectivity index (χ4v) is 2.43. The summed E-state index contributed by atoms with van der Waals surface area (Å²) < 4.78 is 1.07. The Kier molecular flexibility index (Phi) is 4.97. The summed E-state index contributed by atoms with van der Waals surface area (Å²) in [6, 6.07) is 12.1. The molecule has 0 aromatic heterocycles. The molecule has 0 heterocycles. The lowest BCUT2D eigenvalue weighted by Crippen LogP contribution is -2.10. The molecule has 0 fully saturated rings. The van der Waals surface area contributed by atoms with Gasteiger partial charge in [0.15, 0.2) is 0 Å². The standard InChI is InChI=1S/C16H18BrNO/c1-2-3-4-5-16(19)18-15-9-7-12-10-14(17)8-6-13(12)11-15/h6-11H,2-5H2,1H3,(H,18,19). The third kappa shape index (κ3) is 4.06. The molecule has 0 aliphatic heterocycles. The van der Waals surface area contributed by atoms with Crippen LogP contribution in [0.1, 0.15) is 32.6 Å². The summed E-state index contributed by atoms with van der Waals surface area (Å²) in [6.45, 7) is 2.14. The van der Waals surface area contributed by atoms with E-state index in [9.17, 15) is 4.79 Å². The van der Waals surface area contributed by atoms with Crippen molar-refractivity contribution in [3.8, 4) is 0 Å². The number of unbranched alkanes of at least 4 members (excludes halogenated alkanes) is 2. The van der Waals surface area contributed by atoms with Gasteiger partial charge in [-0.15, -0.1) is 0 Å². The van der Waals surface area contributed by atoms with E-state index in [1.54, 1.807) is 0 Å². The number of hydrogen-bond acceptors (Lipinski definition) is 1. The highest BCUT2D eigenvalue weighted by atomic mass is 79.9. The van der Waals surface area contributed by atoms with Crippen LogP contribution < -0.4 is 5.32 Å². The van der Waals surface area contributed by atoms with Gasteiger partial charge in [0, 0.05) is 16.6 Å². The van der Waals surface area contributed by atoms with E-state index in [-0.39, 0.29) is 5.91 Å². The maximum Gasteiger partial charge on any atom is 0.224 e. The minimum Gasteiger partial charge on any atom is -0.326 e. The monoisotopic (exact) mass is 319 g/mol. The third-order valence-electron chi connectivity index (χ3n) is 3.09. The molecule has 0 saturated heterocycles. The molecule has 0 unspecified atom stereocenters. The van der Waals surface area contributed by atoms with Crippen molar-refractivity contribution in [2.75, 3.05) is 5.32 Å². The molecule has 2 nitrogen and oxygen atoms in total. The van der Waals surface area contributed by atoms with Crippen LogP contribution in [0, 0.1) is 0 Å². The van der Waals surface area contributed by atoms with Gasteiger partial charge in [0.1, 0.15) is 0 Å². The van der Waals surface area contributed by atoms with Crippen LogP contribution >= 0.6 is 15.9 Å². The normalized spacial score (nSPS) is 10.6. The molecule has 0 aliphatic carbocycles. The first kappa shape index (κ1) is 14.1. The second-order valence-electron chi connectivity index (χ2n) is 4.71. The zero-order chi connectivity index (χ0) is 13.7. The van der Waals surface area contributed by atoms with Gasteiger partial charge in [0.2, 0.25) is 5.91 Å². The summed E-state index contributed by atoms with van der Waals surface area (Å²) in [5.74, 6) is 0.102. The van der Waals surface area contributed by atoms with Crippen LogP contribution in [0.5, 0.6) is 0 Å². The zero-order valence-corrected chi connectivity index (χ0v) is 12.7. The maximum atomic E-state index is 11.8. The second kappa shape index (κ2) is 6.71. The molecule has 19 heavy (non-hydrogen) atoms. The van der Waals surface area contributed by atoms with Gasteiger partial charge < -0.3 is 5.32 Å². The number of anilines is 1. The first-order valence-corrected chi connectivity index (χ1v) is 7.47. The Bertz CT molecular complexity index is 580. The van der Waals surface area contributed by atoms with E-state index in [1.165, 1.54) is 5.39 Å². The first-order chi connectivity index (χ1) is 9.19. The molecule has 2 aromatic rings. The largest absolute Gasteiger partial charge is 0.326 e. The third-order valence-corrected chi connectivity index (χ3v) is 3.59. The minimum absolute atomic E-state index is 0.102. The van der Waals surface area contributed by atoms with Crippen molar-refractivity contribution in [2.45, 2.75) is 32.6 Å². The molecular formula is C16H18BrNO. The summed E-state index contributed by atoms with van der Waals surface area (Å²) in [5.41, 5.74) is 0.872. The second-order valence-corrected chi connectivity index (χ2v) is 5.63. The first-order valence-electron chi connectivity index (χ1n) is 6.68. The van der Waals surface area contributed by atoms with Crippen LogP contribution in [0.15, 0.2) is 40.9 Å². The van der Waals surface area contributed by atoms with Gasteiger partial charge in [-0.3, -0.25) is 4.79 Å². The van der Waals surface area contributed by atoms with E-state index < -0.39 is 0 Å². The summed E-state index contributed by atoms with van der Waals surface area (Å²) in [7, 11) is 0. The van der Waals surface area contributed by atoms with Gasteiger partial charge in [0.05, 0.1) is 0 Å². The summed E-state index contributed by atoms with van der Waals surface area (Å²) in [5, 5.41) is 5.26. The van der Waals surface area contributed by atoms with Crippen molar-refractivity contribution in [3.63, 3.8) is 0 Å². The quantitative estimate of drug-likeness (QED) is 0.761. The van der Waals surface area contributed by atoms with E-state index in [1.807, 2.05) is 30.3 Å². The van der Waals surface area contributed by atoms with Gasteiger partial charge in [-0.1, -0.05) is 47.8 Å². The van der Waals surface area contributed by atoms with Crippen LogP contribution in [0.25, 0.3) is 10.8 Å². The van der Waals surface area contributed by atoms with Gasteiger partial charge in [-0.2, -0.15) is 0 Å². The van der Waals surface area contributed by atoms with E-state index in [0.29, 0.717) is 6.42 Å². The minimum atomic E-state index is 0.102. The van der Waals surface area contributed by atoms with E-state index in [0.717, 1.165) is 34.8 Å². The number of amides is 1. The lowest BCUT2D eigenvalue weighted by Gasteiger charge is -2.06. The molecule has 0 spiro atoms. The Morgan fingerprint density at radius 1 is 1.11 bits per heavy atom. The summed E-state index contributed by atoms with van der Waals surface area (Å²) >= 11 is 3.46. The predicted octanol–water partition coefficient (Wildman–Crippen LogP) is 5.12. The van der Waals surface area contributed by atoms with Crippen molar-refractivity contribution in [1.82, 2.24) is 0 Å². The van der Waals surface area contributed by atoms with Crippen LogP contribution in [0.3, 0.4) is 0 Å². The number of rotatable bonds is 5. The zero-order valence-electron chi connectivity index (χ0n) is 11.1. The van der Waals surface area contributed by atoms with E-state index in [2.05, 4.69) is 34.2 Å². The SMILES string of the molecule is CCCCCC(=O)Nc1ccc2cc(Br)ccc2c1. The lowest BCUT2D eigenvalue weighted by atomic mass is 10.1. The molecule has 0 radical (unpaired) electrons. The highest BCUT2D eigenvalue weighted by Gasteiger charge is 2.03. The van der Waals surface area contributed by atoms with Gasteiger partial charge >= 0.3 is 0 Å². The molecule has 2 aromatic carbocycles. The smallest absolute Gasteiger partial charge is 0.224 e. The van der Waals surface area contributed by atoms with Crippen LogP contribution in [-0.4, -0.2) is 5.91 Å². The van der Waals surface area contributed by atoms with E-state index >= 15 is 0 Å². The van der Waals surface area contributed by atoms with Crippen molar-refractivity contribution in [3.05, 3.63) is 40.9 Å². The Hall–Kier alpha value is -1.35. The van der Waals surface area contributed by atoms with Crippen molar-refractivity contribution in [1.29, 1.82) is 0 Å². The van der Waals surface area contributed by atoms with Gasteiger partial charge in [-0.05, 0) is 41.5 Å². The number of hydrogen-bond donors (Lipinski definition) is 1. The molecule has 1 amide bonds. The topological polar surface area (TPSA) is 29.1 Å². The Morgan fingerprint density at radius 2 is 1.84 bits per heavy atom. The molecular weight excluding hydrogens is 302 g/mol. The van der Waals surface area contributed by atoms with Gasteiger partial charge in [0.25, 0.3) is 0 Å². The summed E-state index contributed by atoms with van der Waals surface area (Å²) in [4.78, 5) is 11.8. The fraction of sp³-hybridized carbons (Fsp3) is 0.312. The molecule has 2 rings (SSSR count). The Labute approximate surface area is 122 Å². The van der Waals surface area contributed by atoms with Gasteiger partial charge in [-0.25, -0.2) is 0 Å². The van der Waals surface area contributed by atoms with Crippen molar-refractivity contribution >= 4 is 38.3 Å². The molecule has 0 bridgehead atoms. The van der Waals surface area contributed by atoms with Crippen molar-refractivity contribution < 1.29 is 4.79 Å². The predicted molar refractivity (Wildman–Crippen MR) is 84.4 cm³/mol. The summed E-state index contributed by atoms with van der Waals surface area (Å²) in [6.07, 6.45) is 3.81. The molecule has 0 aliphatic rings. The molecule has 0 saturated carbocycles. The van der Waals surface area contributed by atoms with Crippen molar-refractivity contribution in [2.24, 2.45) is 0 Å². The van der Waals surface area contributed by atoms with E-state index in [4.69, 9.17) is 0 Å². The van der Waals surface area contributed by atoms with Crippen LogP contribution in [-0.2, 0) is 4.79 Å². The number of nitrogens with one attached hydrogen (secondary N) is 1. The number of carbonyl (C=O) groups excluding carboxylic acids is 1. The average Bonchev–Trinajstić information content (AvgIpc) is 2.39.